The van der Waals surface area contributed by atoms with E-state index in [-0.39, 0.29) is 0 Å². The Labute approximate surface area is 150 Å². The van der Waals surface area contributed by atoms with Crippen LogP contribution >= 0.6 is 0 Å². The highest BCUT2D eigenvalue weighted by atomic mass is 15.2. The van der Waals surface area contributed by atoms with E-state index in [4.69, 9.17) is 0 Å². The molecule has 3 aromatic rings. The molecule has 0 saturated carbocycles. The largest absolute Gasteiger partial charge is 0.357 e. The smallest absolute Gasteiger partial charge is 0.0456 e. The molecule has 25 heavy (non-hydrogen) atoms. The van der Waals surface area contributed by atoms with E-state index in [9.17, 15) is 0 Å². The van der Waals surface area contributed by atoms with Gasteiger partial charge in [-0.3, -0.25) is 4.90 Å². The van der Waals surface area contributed by atoms with Crippen LogP contribution in [-0.2, 0) is 6.54 Å². The lowest BCUT2D eigenvalue weighted by Crippen LogP contribution is -2.34. The van der Waals surface area contributed by atoms with Gasteiger partial charge < -0.3 is 9.88 Å². The standard InChI is InChI=1S/C22H27N3/c1-16-8-10-17(11-9-16)20-14-25(15-22(20)24(2)3)13-19-12-18-6-4-5-7-21(18)23-19/h4-12,20,22-23H,13-15H2,1-3H3. The second-order valence-corrected chi connectivity index (χ2v) is 7.62. The molecule has 0 aliphatic carbocycles. The maximum Gasteiger partial charge on any atom is 0.0456 e. The molecule has 0 radical (unpaired) electrons. The highest BCUT2D eigenvalue weighted by molar-refractivity contribution is 5.80. The van der Waals surface area contributed by atoms with Gasteiger partial charge in [0.05, 0.1) is 0 Å². The zero-order chi connectivity index (χ0) is 17.4. The number of hydrogen-bond acceptors (Lipinski definition) is 2. The van der Waals surface area contributed by atoms with Crippen molar-refractivity contribution in [2.45, 2.75) is 25.4 Å². The maximum absolute atomic E-state index is 3.57. The quantitative estimate of drug-likeness (QED) is 0.779. The molecule has 0 amide bonds. The van der Waals surface area contributed by atoms with Crippen LogP contribution in [0.1, 0.15) is 22.7 Å². The number of fused-ring (bicyclic) bond motifs is 1. The second kappa shape index (κ2) is 6.66. The highest BCUT2D eigenvalue weighted by Gasteiger charge is 2.35. The van der Waals surface area contributed by atoms with Crippen molar-refractivity contribution in [3.63, 3.8) is 0 Å². The third kappa shape index (κ3) is 3.35. The molecule has 2 aromatic carbocycles. The van der Waals surface area contributed by atoms with Gasteiger partial charge in [0.25, 0.3) is 0 Å². The van der Waals surface area contributed by atoms with Crippen molar-refractivity contribution in [1.82, 2.24) is 14.8 Å². The summed E-state index contributed by atoms with van der Waals surface area (Å²) in [6.07, 6.45) is 0. The molecule has 1 saturated heterocycles. The van der Waals surface area contributed by atoms with E-state index in [1.165, 1.54) is 27.7 Å². The van der Waals surface area contributed by atoms with Gasteiger partial charge in [0.1, 0.15) is 0 Å². The van der Waals surface area contributed by atoms with Crippen molar-refractivity contribution in [2.24, 2.45) is 0 Å². The normalized spacial score (nSPS) is 21.4. The molecular formula is C22H27N3. The van der Waals surface area contributed by atoms with E-state index in [0.717, 1.165) is 19.6 Å². The zero-order valence-corrected chi connectivity index (χ0v) is 15.4. The van der Waals surface area contributed by atoms with Crippen LogP contribution in [0.4, 0.5) is 0 Å². The zero-order valence-electron chi connectivity index (χ0n) is 15.4. The molecule has 3 nitrogen and oxygen atoms in total. The lowest BCUT2D eigenvalue weighted by Gasteiger charge is -2.25. The number of likely N-dealkylation sites (N-methyl/N-ethyl adjacent to an activating group) is 1. The average Bonchev–Trinajstić information content (AvgIpc) is 3.19. The minimum Gasteiger partial charge on any atom is -0.357 e. The van der Waals surface area contributed by atoms with Gasteiger partial charge in [0.2, 0.25) is 0 Å². The molecule has 1 aliphatic heterocycles. The van der Waals surface area contributed by atoms with Gasteiger partial charge in [-0.2, -0.15) is 0 Å². The number of H-pyrrole nitrogens is 1. The fraction of sp³-hybridized carbons (Fsp3) is 0.364. The summed E-state index contributed by atoms with van der Waals surface area (Å²) in [6.45, 7) is 5.37. The number of likely N-dealkylation sites (tertiary alicyclic amines) is 1. The van der Waals surface area contributed by atoms with Gasteiger partial charge in [-0.1, -0.05) is 48.0 Å². The Morgan fingerprint density at radius 3 is 2.52 bits per heavy atom. The first-order chi connectivity index (χ1) is 12.1. The van der Waals surface area contributed by atoms with Crippen molar-refractivity contribution in [3.05, 3.63) is 71.4 Å². The lowest BCUT2D eigenvalue weighted by molar-refractivity contribution is 0.259. The third-order valence-corrected chi connectivity index (χ3v) is 5.51. The summed E-state index contributed by atoms with van der Waals surface area (Å²) in [7, 11) is 4.41. The van der Waals surface area contributed by atoms with Crippen molar-refractivity contribution in [1.29, 1.82) is 0 Å². The summed E-state index contributed by atoms with van der Waals surface area (Å²) >= 11 is 0. The topological polar surface area (TPSA) is 22.3 Å². The Morgan fingerprint density at radius 1 is 1.04 bits per heavy atom. The number of nitrogens with zero attached hydrogens (tertiary/aromatic N) is 2. The summed E-state index contributed by atoms with van der Waals surface area (Å²) < 4.78 is 0. The summed E-state index contributed by atoms with van der Waals surface area (Å²) in [5.41, 5.74) is 5.33. The van der Waals surface area contributed by atoms with Crippen LogP contribution in [-0.4, -0.2) is 48.0 Å². The lowest BCUT2D eigenvalue weighted by atomic mass is 9.93. The fourth-order valence-electron chi connectivity index (χ4n) is 4.12. The van der Waals surface area contributed by atoms with Gasteiger partial charge in [-0.05, 0) is 44.1 Å². The van der Waals surface area contributed by atoms with Crippen molar-refractivity contribution < 1.29 is 0 Å². The predicted octanol–water partition coefficient (Wildman–Crippen LogP) is 4.01. The molecule has 0 bridgehead atoms. The number of aryl methyl sites for hydroxylation is 1. The van der Waals surface area contributed by atoms with Crippen molar-refractivity contribution >= 4 is 10.9 Å². The first kappa shape index (κ1) is 16.4. The number of rotatable bonds is 4. The molecule has 2 unspecified atom stereocenters. The number of aromatic amines is 1. The molecule has 1 aliphatic rings. The maximum atomic E-state index is 3.57. The van der Waals surface area contributed by atoms with Crippen LogP contribution in [0.2, 0.25) is 0 Å². The molecule has 2 heterocycles. The molecule has 0 spiro atoms. The summed E-state index contributed by atoms with van der Waals surface area (Å²) in [5.74, 6) is 0.569. The SMILES string of the molecule is Cc1ccc(C2CN(Cc3cc4ccccc4[nH]3)CC2N(C)C)cc1. The fourth-order valence-corrected chi connectivity index (χ4v) is 4.12. The van der Waals surface area contributed by atoms with E-state index >= 15 is 0 Å². The number of benzene rings is 2. The average molecular weight is 333 g/mol. The summed E-state index contributed by atoms with van der Waals surface area (Å²) in [6, 6.07) is 20.5. The van der Waals surface area contributed by atoms with Gasteiger partial charge in [-0.15, -0.1) is 0 Å². The minimum atomic E-state index is 0.562. The van der Waals surface area contributed by atoms with Crippen LogP contribution in [0.25, 0.3) is 10.9 Å². The number of nitrogens with one attached hydrogen (secondary N) is 1. The van der Waals surface area contributed by atoms with E-state index in [2.05, 4.69) is 90.4 Å². The first-order valence-electron chi connectivity index (χ1n) is 9.12. The Kier molecular flexibility index (Phi) is 4.36. The Bertz CT molecular complexity index is 814. The van der Waals surface area contributed by atoms with Crippen LogP contribution in [0.3, 0.4) is 0 Å². The highest BCUT2D eigenvalue weighted by Crippen LogP contribution is 2.31. The van der Waals surface area contributed by atoms with Crippen LogP contribution < -0.4 is 0 Å². The molecule has 2 atom stereocenters. The van der Waals surface area contributed by atoms with E-state index in [1.54, 1.807) is 0 Å². The van der Waals surface area contributed by atoms with E-state index < -0.39 is 0 Å². The van der Waals surface area contributed by atoms with E-state index in [1.807, 2.05) is 0 Å². The Hall–Kier alpha value is -2.10. The van der Waals surface area contributed by atoms with Gasteiger partial charge >= 0.3 is 0 Å². The molecule has 3 heteroatoms. The molecule has 1 aromatic heterocycles. The monoisotopic (exact) mass is 333 g/mol. The van der Waals surface area contributed by atoms with Crippen molar-refractivity contribution in [2.75, 3.05) is 27.2 Å². The number of hydrogen-bond donors (Lipinski definition) is 1. The predicted molar refractivity (Wildman–Crippen MR) is 105 cm³/mol. The molecule has 130 valence electrons. The summed E-state index contributed by atoms with van der Waals surface area (Å²) in [4.78, 5) is 8.54. The summed E-state index contributed by atoms with van der Waals surface area (Å²) in [5, 5.41) is 1.30. The molecular weight excluding hydrogens is 306 g/mol. The molecule has 1 fully saturated rings. The van der Waals surface area contributed by atoms with Gasteiger partial charge in [0, 0.05) is 42.8 Å². The van der Waals surface area contributed by atoms with Crippen LogP contribution in [0.5, 0.6) is 0 Å². The van der Waals surface area contributed by atoms with Crippen molar-refractivity contribution in [3.8, 4) is 0 Å². The Morgan fingerprint density at radius 2 is 1.80 bits per heavy atom. The minimum absolute atomic E-state index is 0.562. The second-order valence-electron chi connectivity index (χ2n) is 7.62. The number of para-hydroxylation sites is 1. The number of aromatic nitrogens is 1. The van der Waals surface area contributed by atoms with Crippen LogP contribution in [0.15, 0.2) is 54.6 Å². The van der Waals surface area contributed by atoms with E-state index in [0.29, 0.717) is 12.0 Å². The van der Waals surface area contributed by atoms with Gasteiger partial charge in [-0.25, -0.2) is 0 Å². The molecule has 1 N–H and O–H groups in total. The van der Waals surface area contributed by atoms with Gasteiger partial charge in [0.15, 0.2) is 0 Å². The third-order valence-electron chi connectivity index (χ3n) is 5.51. The Balaban J connectivity index is 1.54. The van der Waals surface area contributed by atoms with Crippen LogP contribution in [0, 0.1) is 6.92 Å². The molecule has 4 rings (SSSR count). The first-order valence-corrected chi connectivity index (χ1v) is 9.12.